The zero-order valence-corrected chi connectivity index (χ0v) is 14.3. The van der Waals surface area contributed by atoms with E-state index in [1.807, 2.05) is 0 Å². The second kappa shape index (κ2) is 8.63. The van der Waals surface area contributed by atoms with Gasteiger partial charge in [-0.15, -0.1) is 0 Å². The Hall–Kier alpha value is -3.39. The van der Waals surface area contributed by atoms with Crippen LogP contribution in [0, 0.1) is 10.1 Å². The van der Waals surface area contributed by atoms with Crippen molar-refractivity contribution in [2.75, 3.05) is 7.11 Å². The Kier molecular flexibility index (Phi) is 6.29. The molecule has 0 aliphatic heterocycles. The van der Waals surface area contributed by atoms with Crippen molar-refractivity contribution < 1.29 is 19.2 Å². The van der Waals surface area contributed by atoms with E-state index in [4.69, 9.17) is 16.3 Å². The summed E-state index contributed by atoms with van der Waals surface area (Å²) in [5, 5.41) is 11.2. The summed E-state index contributed by atoms with van der Waals surface area (Å²) in [4.78, 5) is 34.3. The quantitative estimate of drug-likeness (QED) is 0.474. The lowest BCUT2D eigenvalue weighted by molar-refractivity contribution is -0.385. The fourth-order valence-corrected chi connectivity index (χ4v) is 2.22. The molecule has 0 fully saturated rings. The van der Waals surface area contributed by atoms with E-state index in [0.29, 0.717) is 5.02 Å². The zero-order valence-electron chi connectivity index (χ0n) is 13.6. The van der Waals surface area contributed by atoms with E-state index in [1.165, 1.54) is 43.5 Å². The maximum atomic E-state index is 12.1. The summed E-state index contributed by atoms with van der Waals surface area (Å²) in [6.07, 6.45) is 2.34. The molecule has 0 saturated carbocycles. The third-order valence-electron chi connectivity index (χ3n) is 3.25. The molecule has 2 aromatic rings. The van der Waals surface area contributed by atoms with Gasteiger partial charge in [-0.3, -0.25) is 30.6 Å². The van der Waals surface area contributed by atoms with Crippen molar-refractivity contribution in [3.63, 3.8) is 0 Å². The van der Waals surface area contributed by atoms with Crippen molar-refractivity contribution in [3.05, 3.63) is 74.8 Å². The lowest BCUT2D eigenvalue weighted by atomic mass is 10.1. The third-order valence-corrected chi connectivity index (χ3v) is 3.49. The number of methoxy groups -OCH3 is 1. The van der Waals surface area contributed by atoms with Gasteiger partial charge in [0, 0.05) is 17.2 Å². The molecule has 2 rings (SSSR count). The van der Waals surface area contributed by atoms with E-state index in [2.05, 4.69) is 10.9 Å². The van der Waals surface area contributed by atoms with E-state index < -0.39 is 16.7 Å². The Morgan fingerprint density at radius 2 is 1.92 bits per heavy atom. The molecule has 0 aromatic heterocycles. The van der Waals surface area contributed by atoms with Crippen molar-refractivity contribution in [3.8, 4) is 5.75 Å². The topological polar surface area (TPSA) is 111 Å². The number of nitro groups is 1. The van der Waals surface area contributed by atoms with Crippen LogP contribution in [0.3, 0.4) is 0 Å². The van der Waals surface area contributed by atoms with Gasteiger partial charge in [0.2, 0.25) is 0 Å². The van der Waals surface area contributed by atoms with E-state index in [9.17, 15) is 19.7 Å². The fraction of sp³-hybridized carbons (Fsp3) is 0.0588. The Morgan fingerprint density at radius 1 is 1.19 bits per heavy atom. The van der Waals surface area contributed by atoms with E-state index in [1.54, 1.807) is 12.1 Å². The molecule has 2 N–H and O–H groups in total. The summed E-state index contributed by atoms with van der Waals surface area (Å²) in [5.41, 5.74) is 4.66. The van der Waals surface area contributed by atoms with Crippen LogP contribution in [0.2, 0.25) is 5.02 Å². The fourth-order valence-electron chi connectivity index (χ4n) is 2.05. The van der Waals surface area contributed by atoms with Crippen LogP contribution >= 0.6 is 11.6 Å². The molecule has 0 spiro atoms. The van der Waals surface area contributed by atoms with Gasteiger partial charge in [0.15, 0.2) is 0 Å². The molecule has 134 valence electrons. The van der Waals surface area contributed by atoms with Crippen LogP contribution in [0.5, 0.6) is 5.75 Å². The number of rotatable bonds is 5. The zero-order chi connectivity index (χ0) is 19.1. The molecule has 0 aliphatic carbocycles. The molecule has 0 radical (unpaired) electrons. The normalized spacial score (nSPS) is 10.4. The molecular formula is C17H14ClN3O5. The minimum Gasteiger partial charge on any atom is -0.496 e. The van der Waals surface area contributed by atoms with Crippen LogP contribution in [0.4, 0.5) is 5.69 Å². The first-order chi connectivity index (χ1) is 12.4. The van der Waals surface area contributed by atoms with Gasteiger partial charge in [-0.2, -0.15) is 0 Å². The summed E-state index contributed by atoms with van der Waals surface area (Å²) >= 11 is 5.85. The number of ether oxygens (including phenoxy) is 1. The summed E-state index contributed by atoms with van der Waals surface area (Å²) in [6, 6.07) is 10.4. The molecule has 0 unspecified atom stereocenters. The minimum absolute atomic E-state index is 0.135. The van der Waals surface area contributed by atoms with Crippen LogP contribution in [-0.4, -0.2) is 23.8 Å². The Bertz CT molecular complexity index is 882. The molecule has 26 heavy (non-hydrogen) atoms. The second-order valence-corrected chi connectivity index (χ2v) is 5.37. The highest BCUT2D eigenvalue weighted by atomic mass is 35.5. The van der Waals surface area contributed by atoms with Crippen molar-refractivity contribution in [1.82, 2.24) is 10.9 Å². The van der Waals surface area contributed by atoms with Gasteiger partial charge < -0.3 is 4.74 Å². The lowest BCUT2D eigenvalue weighted by Crippen LogP contribution is -2.40. The van der Waals surface area contributed by atoms with Gasteiger partial charge in [-0.25, -0.2) is 0 Å². The number of carbonyl (C=O) groups is 2. The number of hydrogen-bond acceptors (Lipinski definition) is 5. The number of carbonyl (C=O) groups excluding carboxylic acids is 2. The van der Waals surface area contributed by atoms with Crippen LogP contribution in [0.15, 0.2) is 48.5 Å². The number of para-hydroxylation sites is 1. The molecular weight excluding hydrogens is 362 g/mol. The number of benzene rings is 2. The predicted molar refractivity (Wildman–Crippen MR) is 95.7 cm³/mol. The molecule has 8 nitrogen and oxygen atoms in total. The molecule has 0 aliphatic rings. The minimum atomic E-state index is -0.669. The number of nitrogens with one attached hydrogen (secondary N) is 2. The Labute approximate surface area is 153 Å². The number of amides is 2. The monoisotopic (exact) mass is 375 g/mol. The lowest BCUT2D eigenvalue weighted by Gasteiger charge is -2.09. The largest absolute Gasteiger partial charge is 0.496 e. The van der Waals surface area contributed by atoms with Gasteiger partial charge in [-0.05, 0) is 30.3 Å². The van der Waals surface area contributed by atoms with Gasteiger partial charge in [0.1, 0.15) is 5.75 Å². The summed E-state index contributed by atoms with van der Waals surface area (Å²) in [5.74, 6) is -1.01. The highest BCUT2D eigenvalue weighted by Gasteiger charge is 2.13. The van der Waals surface area contributed by atoms with Gasteiger partial charge >= 0.3 is 0 Å². The van der Waals surface area contributed by atoms with E-state index >= 15 is 0 Å². The van der Waals surface area contributed by atoms with Crippen LogP contribution in [-0.2, 0) is 4.79 Å². The van der Waals surface area contributed by atoms with Crippen molar-refractivity contribution in [2.24, 2.45) is 0 Å². The Morgan fingerprint density at radius 3 is 2.62 bits per heavy atom. The van der Waals surface area contributed by atoms with Crippen molar-refractivity contribution in [1.29, 1.82) is 0 Å². The average Bonchev–Trinajstić information content (AvgIpc) is 2.64. The maximum absolute atomic E-state index is 12.1. The molecule has 0 saturated heterocycles. The van der Waals surface area contributed by atoms with Gasteiger partial charge in [0.25, 0.3) is 17.5 Å². The van der Waals surface area contributed by atoms with Crippen LogP contribution in [0.25, 0.3) is 6.08 Å². The number of hydrogen-bond donors (Lipinski definition) is 2. The first kappa shape index (κ1) is 18.9. The first-order valence-electron chi connectivity index (χ1n) is 7.27. The molecule has 0 atom stereocenters. The molecule has 0 bridgehead atoms. The third kappa shape index (κ3) is 4.81. The summed E-state index contributed by atoms with van der Waals surface area (Å²) < 4.78 is 5.06. The van der Waals surface area contributed by atoms with Crippen LogP contribution in [0.1, 0.15) is 15.9 Å². The molecule has 9 heteroatoms. The van der Waals surface area contributed by atoms with E-state index in [-0.39, 0.29) is 22.6 Å². The summed E-state index contributed by atoms with van der Waals surface area (Å²) in [6.45, 7) is 0. The number of nitro benzene ring substituents is 1. The highest BCUT2D eigenvalue weighted by molar-refractivity contribution is 6.31. The molecule has 2 aromatic carbocycles. The standard InChI is InChI=1S/C17H14ClN3O5/c1-26-15-8-7-12(18)10-13(15)17(23)20-19-16(22)9-6-11-4-2-3-5-14(11)21(24)25/h2-10H,1H3,(H,19,22)(H,20,23)/b9-6+. The Balaban J connectivity index is 2.02. The maximum Gasteiger partial charge on any atom is 0.276 e. The van der Waals surface area contributed by atoms with Crippen LogP contribution < -0.4 is 15.6 Å². The highest BCUT2D eigenvalue weighted by Crippen LogP contribution is 2.22. The smallest absolute Gasteiger partial charge is 0.276 e. The van der Waals surface area contributed by atoms with Crippen molar-refractivity contribution >= 4 is 35.2 Å². The predicted octanol–water partition coefficient (Wildman–Crippen LogP) is 2.73. The SMILES string of the molecule is COc1ccc(Cl)cc1C(=O)NNC(=O)/C=C/c1ccccc1[N+](=O)[O-]. The number of hydrazine groups is 1. The number of nitrogens with zero attached hydrogens (tertiary/aromatic N) is 1. The van der Waals surface area contributed by atoms with Gasteiger partial charge in [0.05, 0.1) is 23.2 Å². The van der Waals surface area contributed by atoms with Crippen molar-refractivity contribution in [2.45, 2.75) is 0 Å². The first-order valence-corrected chi connectivity index (χ1v) is 7.65. The summed E-state index contributed by atoms with van der Waals surface area (Å²) in [7, 11) is 1.40. The number of halogens is 1. The molecule has 2 amide bonds. The second-order valence-electron chi connectivity index (χ2n) is 4.94. The van der Waals surface area contributed by atoms with Gasteiger partial charge in [-0.1, -0.05) is 23.7 Å². The van der Waals surface area contributed by atoms with E-state index in [0.717, 1.165) is 6.08 Å². The molecule has 0 heterocycles. The average molecular weight is 376 g/mol.